The second-order valence-corrected chi connectivity index (χ2v) is 5.51. The lowest BCUT2D eigenvalue weighted by atomic mass is 10.1. The highest BCUT2D eigenvalue weighted by molar-refractivity contribution is 5.38. The Morgan fingerprint density at radius 2 is 2.14 bits per heavy atom. The first kappa shape index (κ1) is 14.8. The Kier molecular flexibility index (Phi) is 4.85. The molecule has 3 heterocycles. The summed E-state index contributed by atoms with van der Waals surface area (Å²) in [6, 6.07) is 2.30. The molecule has 0 radical (unpaired) electrons. The predicted octanol–water partition coefficient (Wildman–Crippen LogP) is 1.26. The molecule has 1 N–H and O–H groups in total. The number of hydrogen-bond donors (Lipinski definition) is 1. The Morgan fingerprint density at radius 1 is 1.27 bits per heavy atom. The second kappa shape index (κ2) is 7.22. The maximum Gasteiger partial charge on any atom is 0.218 e. The van der Waals surface area contributed by atoms with Crippen molar-refractivity contribution in [3.8, 4) is 5.88 Å². The summed E-state index contributed by atoms with van der Waals surface area (Å²) in [4.78, 5) is 14.8. The van der Waals surface area contributed by atoms with E-state index in [1.165, 1.54) is 6.33 Å². The quantitative estimate of drug-likeness (QED) is 0.866. The smallest absolute Gasteiger partial charge is 0.218 e. The van der Waals surface area contributed by atoms with Gasteiger partial charge in [0.1, 0.15) is 12.1 Å². The van der Waals surface area contributed by atoms with E-state index in [1.54, 1.807) is 7.11 Å². The van der Waals surface area contributed by atoms with Gasteiger partial charge in [-0.25, -0.2) is 15.0 Å². The molecule has 1 aliphatic heterocycles. The number of nitrogens with one attached hydrogen (secondary N) is 1. The van der Waals surface area contributed by atoms with Crippen molar-refractivity contribution in [2.45, 2.75) is 25.4 Å². The molecule has 0 bridgehead atoms. The molecule has 22 heavy (non-hydrogen) atoms. The number of rotatable bonds is 6. The van der Waals surface area contributed by atoms with E-state index in [2.05, 4.69) is 29.7 Å². The number of hydrogen-bond acceptors (Lipinski definition) is 6. The van der Waals surface area contributed by atoms with Crippen LogP contribution < -0.4 is 10.1 Å². The molecule has 0 unspecified atom stereocenters. The van der Waals surface area contributed by atoms with Gasteiger partial charge in [0.25, 0.3) is 0 Å². The third-order valence-electron chi connectivity index (χ3n) is 4.02. The van der Waals surface area contributed by atoms with Gasteiger partial charge >= 0.3 is 0 Å². The Bertz CT molecular complexity index is 565. The maximum absolute atomic E-state index is 5.12. The van der Waals surface area contributed by atoms with Gasteiger partial charge in [0, 0.05) is 50.7 Å². The Hall–Kier alpha value is -2.15. The number of imidazole rings is 1. The fraction of sp³-hybridized carbons (Fsp3) is 0.533. The molecule has 0 aliphatic carbocycles. The van der Waals surface area contributed by atoms with E-state index in [-0.39, 0.29) is 0 Å². The average molecular weight is 302 g/mol. The molecule has 0 saturated carbocycles. The SMILES string of the molecule is COc1cc(NC2CCN(CCn3ccnc3)CC2)ncn1. The van der Waals surface area contributed by atoms with Crippen molar-refractivity contribution in [3.63, 3.8) is 0 Å². The number of ether oxygens (including phenoxy) is 1. The zero-order valence-corrected chi connectivity index (χ0v) is 12.9. The summed E-state index contributed by atoms with van der Waals surface area (Å²) < 4.78 is 7.24. The van der Waals surface area contributed by atoms with Crippen LogP contribution in [0.5, 0.6) is 5.88 Å². The van der Waals surface area contributed by atoms with Crippen molar-refractivity contribution in [1.29, 1.82) is 0 Å². The normalized spacial score (nSPS) is 16.6. The number of anilines is 1. The van der Waals surface area contributed by atoms with Crippen molar-refractivity contribution in [3.05, 3.63) is 31.1 Å². The number of likely N-dealkylation sites (tertiary alicyclic amines) is 1. The van der Waals surface area contributed by atoms with E-state index in [0.29, 0.717) is 11.9 Å². The minimum atomic E-state index is 0.462. The minimum Gasteiger partial charge on any atom is -0.481 e. The summed E-state index contributed by atoms with van der Waals surface area (Å²) in [5.41, 5.74) is 0. The number of methoxy groups -OCH3 is 1. The van der Waals surface area contributed by atoms with Gasteiger partial charge < -0.3 is 19.5 Å². The molecule has 1 saturated heterocycles. The lowest BCUT2D eigenvalue weighted by Crippen LogP contribution is -2.40. The highest BCUT2D eigenvalue weighted by Gasteiger charge is 2.19. The van der Waals surface area contributed by atoms with Gasteiger partial charge in [0.05, 0.1) is 13.4 Å². The molecule has 7 nitrogen and oxygen atoms in total. The lowest BCUT2D eigenvalue weighted by Gasteiger charge is -2.32. The fourth-order valence-corrected chi connectivity index (χ4v) is 2.72. The molecule has 2 aromatic heterocycles. The third-order valence-corrected chi connectivity index (χ3v) is 4.02. The summed E-state index contributed by atoms with van der Waals surface area (Å²) in [7, 11) is 1.62. The van der Waals surface area contributed by atoms with Crippen molar-refractivity contribution in [2.75, 3.05) is 32.1 Å². The first-order valence-electron chi connectivity index (χ1n) is 7.64. The molecule has 0 spiro atoms. The monoisotopic (exact) mass is 302 g/mol. The molecule has 1 aliphatic rings. The average Bonchev–Trinajstić information content (AvgIpc) is 3.08. The molecule has 3 rings (SSSR count). The van der Waals surface area contributed by atoms with Crippen molar-refractivity contribution in [1.82, 2.24) is 24.4 Å². The highest BCUT2D eigenvalue weighted by atomic mass is 16.5. The van der Waals surface area contributed by atoms with E-state index >= 15 is 0 Å². The van der Waals surface area contributed by atoms with Crippen LogP contribution in [-0.2, 0) is 6.54 Å². The van der Waals surface area contributed by atoms with Gasteiger partial charge in [0.2, 0.25) is 5.88 Å². The van der Waals surface area contributed by atoms with Crippen LogP contribution in [0.15, 0.2) is 31.1 Å². The molecule has 0 amide bonds. The van der Waals surface area contributed by atoms with Gasteiger partial charge in [-0.3, -0.25) is 0 Å². The summed E-state index contributed by atoms with van der Waals surface area (Å²) in [5.74, 6) is 1.43. The number of nitrogens with zero attached hydrogens (tertiary/aromatic N) is 5. The maximum atomic E-state index is 5.12. The summed E-state index contributed by atoms with van der Waals surface area (Å²) in [5, 5.41) is 3.47. The Labute approximate surface area is 130 Å². The predicted molar refractivity (Wildman–Crippen MR) is 83.9 cm³/mol. The zero-order chi connectivity index (χ0) is 15.2. The van der Waals surface area contributed by atoms with Crippen LogP contribution in [0.25, 0.3) is 0 Å². The first-order valence-corrected chi connectivity index (χ1v) is 7.64. The molecule has 0 aromatic carbocycles. The molecule has 7 heteroatoms. The second-order valence-electron chi connectivity index (χ2n) is 5.51. The van der Waals surface area contributed by atoms with Gasteiger partial charge in [-0.1, -0.05) is 0 Å². The van der Waals surface area contributed by atoms with Gasteiger partial charge in [-0.2, -0.15) is 0 Å². The molecule has 118 valence electrons. The minimum absolute atomic E-state index is 0.462. The first-order chi connectivity index (χ1) is 10.8. The molecular weight excluding hydrogens is 280 g/mol. The third kappa shape index (κ3) is 3.94. The van der Waals surface area contributed by atoms with E-state index in [0.717, 1.165) is 44.8 Å². The molecule has 0 atom stereocenters. The summed E-state index contributed by atoms with van der Waals surface area (Å²) >= 11 is 0. The van der Waals surface area contributed by atoms with Crippen LogP contribution in [0.1, 0.15) is 12.8 Å². The number of piperidine rings is 1. The van der Waals surface area contributed by atoms with Crippen molar-refractivity contribution in [2.24, 2.45) is 0 Å². The van der Waals surface area contributed by atoms with E-state index in [1.807, 2.05) is 24.8 Å². The van der Waals surface area contributed by atoms with E-state index in [9.17, 15) is 0 Å². The van der Waals surface area contributed by atoms with Gasteiger partial charge in [-0.05, 0) is 12.8 Å². The van der Waals surface area contributed by atoms with Crippen LogP contribution in [0.2, 0.25) is 0 Å². The summed E-state index contributed by atoms with van der Waals surface area (Å²) in [6.45, 7) is 4.29. The Balaban J connectivity index is 1.43. The van der Waals surface area contributed by atoms with E-state index in [4.69, 9.17) is 4.74 Å². The Morgan fingerprint density at radius 3 is 2.86 bits per heavy atom. The summed E-state index contributed by atoms with van der Waals surface area (Å²) in [6.07, 6.45) is 9.48. The topological polar surface area (TPSA) is 68.1 Å². The molecular formula is C15H22N6O. The van der Waals surface area contributed by atoms with Crippen LogP contribution in [0, 0.1) is 0 Å². The van der Waals surface area contributed by atoms with Crippen LogP contribution >= 0.6 is 0 Å². The molecule has 2 aromatic rings. The van der Waals surface area contributed by atoms with Crippen molar-refractivity contribution >= 4 is 5.82 Å². The highest BCUT2D eigenvalue weighted by Crippen LogP contribution is 2.17. The molecule has 1 fully saturated rings. The van der Waals surface area contributed by atoms with Crippen LogP contribution in [-0.4, -0.2) is 57.2 Å². The lowest BCUT2D eigenvalue weighted by molar-refractivity contribution is 0.211. The van der Waals surface area contributed by atoms with Crippen LogP contribution in [0.3, 0.4) is 0 Å². The largest absolute Gasteiger partial charge is 0.481 e. The number of aromatic nitrogens is 4. The zero-order valence-electron chi connectivity index (χ0n) is 12.9. The standard InChI is InChI=1S/C15H22N6O/c1-22-15-10-14(17-11-18-15)19-13-2-5-20(6-3-13)8-9-21-7-4-16-12-21/h4,7,10-13H,2-3,5-6,8-9H2,1H3,(H,17,18,19). The van der Waals surface area contributed by atoms with Gasteiger partial charge in [-0.15, -0.1) is 0 Å². The van der Waals surface area contributed by atoms with Crippen LogP contribution in [0.4, 0.5) is 5.82 Å². The van der Waals surface area contributed by atoms with Gasteiger partial charge in [0.15, 0.2) is 0 Å². The fourth-order valence-electron chi connectivity index (χ4n) is 2.72. The van der Waals surface area contributed by atoms with Crippen molar-refractivity contribution < 1.29 is 4.74 Å². The van der Waals surface area contributed by atoms with E-state index < -0.39 is 0 Å².